The molecule has 0 aliphatic heterocycles. The maximum atomic E-state index is 10.3. The van der Waals surface area contributed by atoms with E-state index in [1.54, 1.807) is 34.0 Å². The zero-order valence-corrected chi connectivity index (χ0v) is 11.1. The van der Waals surface area contributed by atoms with Crippen LogP contribution in [0.25, 0.3) is 9.40 Å². The zero-order valence-electron chi connectivity index (χ0n) is 8.64. The van der Waals surface area contributed by atoms with Crippen molar-refractivity contribution in [3.8, 4) is 0 Å². The molecule has 3 rings (SSSR count). The molecule has 0 aromatic carbocycles. The lowest BCUT2D eigenvalue weighted by molar-refractivity contribution is 0.224. The summed E-state index contributed by atoms with van der Waals surface area (Å²) >= 11 is 5.10. The first-order chi connectivity index (χ1) is 7.75. The molecule has 3 aromatic heterocycles. The lowest BCUT2D eigenvalue weighted by atomic mass is 10.1. The van der Waals surface area contributed by atoms with E-state index in [1.807, 2.05) is 11.4 Å². The normalized spacial score (nSPS) is 13.4. The third-order valence-corrected chi connectivity index (χ3v) is 5.63. The van der Waals surface area contributed by atoms with E-state index < -0.39 is 6.10 Å². The maximum absolute atomic E-state index is 10.3. The van der Waals surface area contributed by atoms with Crippen LogP contribution in [-0.4, -0.2) is 5.11 Å². The van der Waals surface area contributed by atoms with E-state index in [-0.39, 0.29) is 0 Å². The number of aliphatic hydroxyl groups excluding tert-OH is 1. The van der Waals surface area contributed by atoms with Crippen molar-refractivity contribution in [3.63, 3.8) is 0 Å². The van der Waals surface area contributed by atoms with Gasteiger partial charge in [0.25, 0.3) is 0 Å². The fourth-order valence-corrected chi connectivity index (χ4v) is 4.61. The van der Waals surface area contributed by atoms with Gasteiger partial charge in [0.05, 0.1) is 0 Å². The highest BCUT2D eigenvalue weighted by molar-refractivity contribution is 7.27. The number of aliphatic hydroxyl groups is 1. The Bertz CT molecular complexity index is 588. The summed E-state index contributed by atoms with van der Waals surface area (Å²) in [6.07, 6.45) is -0.462. The van der Waals surface area contributed by atoms with Gasteiger partial charge in [0, 0.05) is 19.2 Å². The lowest BCUT2D eigenvalue weighted by Gasteiger charge is -2.07. The zero-order chi connectivity index (χ0) is 11.1. The molecule has 3 heterocycles. The first-order valence-electron chi connectivity index (χ1n) is 4.94. The molecular weight excluding hydrogens is 256 g/mol. The second-order valence-corrected chi connectivity index (χ2v) is 6.82. The van der Waals surface area contributed by atoms with Gasteiger partial charge in [0.1, 0.15) is 6.10 Å². The number of rotatable bonds is 2. The molecule has 0 spiro atoms. The number of hydrogen-bond acceptors (Lipinski definition) is 4. The standard InChI is InChI=1S/C12H10OS3/c1-7-8(2-4-14-7)12(13)11-6-10-9(16-11)3-5-15-10/h2-6,12-13H,1H3. The number of fused-ring (bicyclic) bond motifs is 1. The summed E-state index contributed by atoms with van der Waals surface area (Å²) in [7, 11) is 0. The molecule has 0 saturated carbocycles. The van der Waals surface area contributed by atoms with E-state index in [9.17, 15) is 5.11 Å². The molecule has 82 valence electrons. The van der Waals surface area contributed by atoms with Crippen LogP contribution in [-0.2, 0) is 0 Å². The monoisotopic (exact) mass is 266 g/mol. The second kappa shape index (κ2) is 3.96. The van der Waals surface area contributed by atoms with Gasteiger partial charge in [0.2, 0.25) is 0 Å². The minimum Gasteiger partial charge on any atom is -0.383 e. The highest BCUT2D eigenvalue weighted by atomic mass is 32.1. The van der Waals surface area contributed by atoms with Crippen molar-refractivity contribution in [2.24, 2.45) is 0 Å². The summed E-state index contributed by atoms with van der Waals surface area (Å²) in [6, 6.07) is 6.23. The van der Waals surface area contributed by atoms with Gasteiger partial charge in [-0.25, -0.2) is 0 Å². The van der Waals surface area contributed by atoms with Crippen molar-refractivity contribution in [1.29, 1.82) is 0 Å². The van der Waals surface area contributed by atoms with Gasteiger partial charge in [-0.15, -0.1) is 34.0 Å². The van der Waals surface area contributed by atoms with Crippen LogP contribution in [0.3, 0.4) is 0 Å². The molecule has 16 heavy (non-hydrogen) atoms. The molecule has 3 aromatic rings. The summed E-state index contributed by atoms with van der Waals surface area (Å²) in [5, 5.41) is 14.4. The third-order valence-electron chi connectivity index (χ3n) is 2.62. The van der Waals surface area contributed by atoms with E-state index in [2.05, 4.69) is 24.4 Å². The van der Waals surface area contributed by atoms with Gasteiger partial charge in [-0.1, -0.05) is 0 Å². The maximum Gasteiger partial charge on any atom is 0.114 e. The first kappa shape index (κ1) is 10.5. The van der Waals surface area contributed by atoms with E-state index in [0.717, 1.165) is 10.4 Å². The van der Waals surface area contributed by atoms with Crippen LogP contribution >= 0.6 is 34.0 Å². The molecule has 0 bridgehead atoms. The Balaban J connectivity index is 2.04. The molecule has 0 saturated heterocycles. The number of aryl methyl sites for hydroxylation is 1. The SMILES string of the molecule is Cc1sccc1C(O)c1cc2sccc2s1. The number of hydrogen-bond donors (Lipinski definition) is 1. The minimum absolute atomic E-state index is 0.462. The highest BCUT2D eigenvalue weighted by Gasteiger charge is 2.16. The molecule has 0 fully saturated rings. The van der Waals surface area contributed by atoms with Gasteiger partial charge >= 0.3 is 0 Å². The molecule has 1 unspecified atom stereocenters. The van der Waals surface area contributed by atoms with Crippen molar-refractivity contribution in [2.75, 3.05) is 0 Å². The molecule has 1 N–H and O–H groups in total. The van der Waals surface area contributed by atoms with E-state index in [0.29, 0.717) is 0 Å². The first-order valence-corrected chi connectivity index (χ1v) is 7.52. The molecular formula is C12H10OS3. The van der Waals surface area contributed by atoms with Gasteiger partial charge in [-0.05, 0) is 41.4 Å². The van der Waals surface area contributed by atoms with Crippen molar-refractivity contribution >= 4 is 43.4 Å². The van der Waals surface area contributed by atoms with Crippen LogP contribution in [0.4, 0.5) is 0 Å². The van der Waals surface area contributed by atoms with E-state index in [4.69, 9.17) is 0 Å². The van der Waals surface area contributed by atoms with Gasteiger partial charge in [0.15, 0.2) is 0 Å². The summed E-state index contributed by atoms with van der Waals surface area (Å²) in [5.41, 5.74) is 1.04. The Hall–Kier alpha value is -0.680. The Labute approximate surface area is 106 Å². The van der Waals surface area contributed by atoms with Crippen molar-refractivity contribution in [1.82, 2.24) is 0 Å². The predicted octanol–water partition coefficient (Wildman–Crippen LogP) is 4.41. The molecule has 0 aliphatic rings. The average molecular weight is 266 g/mol. The largest absolute Gasteiger partial charge is 0.383 e. The second-order valence-electron chi connectivity index (χ2n) is 3.63. The Morgan fingerprint density at radius 2 is 1.94 bits per heavy atom. The Kier molecular flexibility index (Phi) is 2.59. The van der Waals surface area contributed by atoms with Gasteiger partial charge < -0.3 is 5.11 Å². The Morgan fingerprint density at radius 3 is 2.62 bits per heavy atom. The van der Waals surface area contributed by atoms with Crippen LogP contribution in [0, 0.1) is 6.92 Å². The summed E-state index contributed by atoms with van der Waals surface area (Å²) < 4.78 is 2.54. The van der Waals surface area contributed by atoms with Crippen molar-refractivity contribution in [3.05, 3.63) is 44.3 Å². The molecule has 0 radical (unpaired) electrons. The van der Waals surface area contributed by atoms with Crippen LogP contribution in [0.15, 0.2) is 29.0 Å². The van der Waals surface area contributed by atoms with Crippen LogP contribution in [0.2, 0.25) is 0 Å². The van der Waals surface area contributed by atoms with Gasteiger partial charge in [-0.3, -0.25) is 0 Å². The van der Waals surface area contributed by atoms with E-state index >= 15 is 0 Å². The quantitative estimate of drug-likeness (QED) is 0.728. The average Bonchev–Trinajstić information content (AvgIpc) is 2.89. The van der Waals surface area contributed by atoms with E-state index in [1.165, 1.54) is 14.3 Å². The number of thiophene rings is 3. The fraction of sp³-hybridized carbons (Fsp3) is 0.167. The fourth-order valence-electron chi connectivity index (χ4n) is 1.75. The summed E-state index contributed by atoms with van der Waals surface area (Å²) in [6.45, 7) is 2.05. The van der Waals surface area contributed by atoms with Crippen molar-refractivity contribution in [2.45, 2.75) is 13.0 Å². The smallest absolute Gasteiger partial charge is 0.114 e. The van der Waals surface area contributed by atoms with Crippen molar-refractivity contribution < 1.29 is 5.11 Å². The van der Waals surface area contributed by atoms with Gasteiger partial charge in [-0.2, -0.15) is 0 Å². The topological polar surface area (TPSA) is 20.2 Å². The molecule has 0 amide bonds. The van der Waals surface area contributed by atoms with Crippen LogP contribution < -0.4 is 0 Å². The molecule has 1 atom stereocenters. The molecule has 1 nitrogen and oxygen atoms in total. The Morgan fingerprint density at radius 1 is 1.12 bits per heavy atom. The van der Waals surface area contributed by atoms with Crippen LogP contribution in [0.5, 0.6) is 0 Å². The summed E-state index contributed by atoms with van der Waals surface area (Å²) in [5.74, 6) is 0. The minimum atomic E-state index is -0.462. The lowest BCUT2D eigenvalue weighted by Crippen LogP contribution is -1.96. The molecule has 4 heteroatoms. The molecule has 0 aliphatic carbocycles. The van der Waals surface area contributed by atoms with Crippen LogP contribution in [0.1, 0.15) is 21.4 Å². The third kappa shape index (κ3) is 1.62. The highest BCUT2D eigenvalue weighted by Crippen LogP contribution is 2.37. The summed E-state index contributed by atoms with van der Waals surface area (Å²) in [4.78, 5) is 2.24. The predicted molar refractivity (Wildman–Crippen MR) is 72.8 cm³/mol.